The van der Waals surface area contributed by atoms with Crippen LogP contribution in [0.3, 0.4) is 0 Å². The lowest BCUT2D eigenvalue weighted by Gasteiger charge is -1.96. The molecular weight excluding hydrogens is 192 g/mol. The Bertz CT molecular complexity index is 196. The third-order valence-electron chi connectivity index (χ3n) is 1.09. The summed E-state index contributed by atoms with van der Waals surface area (Å²) in [6.07, 6.45) is -0.0949. The summed E-state index contributed by atoms with van der Waals surface area (Å²) >= 11 is 0. The van der Waals surface area contributed by atoms with E-state index < -0.39 is 11.9 Å². The van der Waals surface area contributed by atoms with Gasteiger partial charge in [0, 0.05) is 13.1 Å². The molecular formula is C6H12N4O4. The smallest absolute Gasteiger partial charge is 0.305 e. The zero-order valence-corrected chi connectivity index (χ0v) is 7.43. The average Bonchev–Trinajstić information content (AvgIpc) is 2.08. The van der Waals surface area contributed by atoms with Crippen LogP contribution in [0.2, 0.25) is 0 Å². The van der Waals surface area contributed by atoms with Crippen molar-refractivity contribution >= 4 is 11.9 Å². The van der Waals surface area contributed by atoms with E-state index in [9.17, 15) is 9.59 Å². The molecule has 8 nitrogen and oxygen atoms in total. The Morgan fingerprint density at radius 1 is 0.929 bits per heavy atom. The minimum absolute atomic E-state index is 0.0475. The van der Waals surface area contributed by atoms with E-state index in [-0.39, 0.29) is 25.9 Å². The van der Waals surface area contributed by atoms with Crippen molar-refractivity contribution in [1.82, 2.24) is 10.9 Å². The third kappa shape index (κ3) is 10.1. The van der Waals surface area contributed by atoms with Crippen LogP contribution in [-0.4, -0.2) is 35.2 Å². The summed E-state index contributed by atoms with van der Waals surface area (Å²) in [6, 6.07) is 0. The molecule has 0 aliphatic carbocycles. The van der Waals surface area contributed by atoms with Gasteiger partial charge in [0.15, 0.2) is 0 Å². The Morgan fingerprint density at radius 3 is 1.57 bits per heavy atom. The van der Waals surface area contributed by atoms with Crippen LogP contribution in [-0.2, 0) is 9.59 Å². The Kier molecular flexibility index (Phi) is 6.74. The van der Waals surface area contributed by atoms with Crippen molar-refractivity contribution in [3.05, 3.63) is 0 Å². The van der Waals surface area contributed by atoms with Crippen molar-refractivity contribution in [2.75, 3.05) is 13.1 Å². The topological polar surface area (TPSA) is 123 Å². The zero-order valence-electron chi connectivity index (χ0n) is 7.43. The van der Waals surface area contributed by atoms with Gasteiger partial charge in [0.25, 0.3) is 0 Å². The largest absolute Gasteiger partial charge is 0.481 e. The van der Waals surface area contributed by atoms with Crippen LogP contribution in [0.4, 0.5) is 0 Å². The monoisotopic (exact) mass is 204 g/mol. The summed E-state index contributed by atoms with van der Waals surface area (Å²) in [5.41, 5.74) is 4.74. The van der Waals surface area contributed by atoms with Gasteiger partial charge in [-0.15, -0.1) is 0 Å². The van der Waals surface area contributed by atoms with E-state index in [1.54, 1.807) is 0 Å². The lowest BCUT2D eigenvalue weighted by molar-refractivity contribution is -0.137. The predicted octanol–water partition coefficient (Wildman–Crippen LogP) is -0.603. The molecule has 0 aliphatic rings. The van der Waals surface area contributed by atoms with Gasteiger partial charge in [-0.3, -0.25) is 20.4 Å². The van der Waals surface area contributed by atoms with Crippen LogP contribution in [0.1, 0.15) is 12.8 Å². The Balaban J connectivity index is 3.19. The number of hydrogen-bond donors (Lipinski definition) is 4. The van der Waals surface area contributed by atoms with E-state index in [0.717, 1.165) is 0 Å². The van der Waals surface area contributed by atoms with Gasteiger partial charge in [-0.2, -0.15) is 0 Å². The van der Waals surface area contributed by atoms with Crippen LogP contribution in [0.15, 0.2) is 10.4 Å². The van der Waals surface area contributed by atoms with E-state index >= 15 is 0 Å². The molecule has 0 spiro atoms. The second-order valence-electron chi connectivity index (χ2n) is 2.30. The summed E-state index contributed by atoms with van der Waals surface area (Å²) in [4.78, 5) is 20.0. The number of carbonyl (C=O) groups is 2. The summed E-state index contributed by atoms with van der Waals surface area (Å²) in [6.45, 7) is 0.360. The van der Waals surface area contributed by atoms with E-state index in [1.165, 1.54) is 0 Å². The predicted molar refractivity (Wildman–Crippen MR) is 45.4 cm³/mol. The Morgan fingerprint density at radius 2 is 1.29 bits per heavy atom. The number of aliphatic carboxylic acids is 2. The fourth-order valence-corrected chi connectivity index (χ4v) is 0.496. The maximum Gasteiger partial charge on any atom is 0.305 e. The molecule has 0 atom stereocenters. The molecule has 0 heterocycles. The fourth-order valence-electron chi connectivity index (χ4n) is 0.496. The van der Waals surface area contributed by atoms with Gasteiger partial charge in [-0.05, 0) is 0 Å². The molecule has 0 unspecified atom stereocenters. The first-order chi connectivity index (χ1) is 6.63. The molecule has 0 saturated heterocycles. The van der Waals surface area contributed by atoms with Crippen LogP contribution in [0.5, 0.6) is 0 Å². The first kappa shape index (κ1) is 12.1. The highest BCUT2D eigenvalue weighted by Crippen LogP contribution is 1.77. The summed E-state index contributed by atoms with van der Waals surface area (Å²) in [5, 5.41) is 23.1. The van der Waals surface area contributed by atoms with Gasteiger partial charge in [-0.1, -0.05) is 10.4 Å². The molecule has 0 aromatic carbocycles. The van der Waals surface area contributed by atoms with Gasteiger partial charge in [0.2, 0.25) is 0 Å². The summed E-state index contributed by atoms with van der Waals surface area (Å²) in [7, 11) is 0. The SMILES string of the molecule is O=C(O)CCNN=NNCCC(=O)O. The van der Waals surface area contributed by atoms with Crippen molar-refractivity contribution in [3.8, 4) is 0 Å². The lowest BCUT2D eigenvalue weighted by Crippen LogP contribution is -2.15. The zero-order chi connectivity index (χ0) is 10.8. The fraction of sp³-hybridized carbons (Fsp3) is 0.667. The second-order valence-corrected chi connectivity index (χ2v) is 2.30. The molecule has 0 saturated carbocycles. The lowest BCUT2D eigenvalue weighted by atomic mass is 10.4. The molecule has 0 aliphatic heterocycles. The number of nitrogens with zero attached hydrogens (tertiary/aromatic N) is 2. The Labute approximate surface area is 80.0 Å². The quantitative estimate of drug-likeness (QED) is 0.238. The van der Waals surface area contributed by atoms with E-state index in [2.05, 4.69) is 21.3 Å². The maximum absolute atomic E-state index is 10.0. The molecule has 0 amide bonds. The van der Waals surface area contributed by atoms with Crippen LogP contribution < -0.4 is 10.9 Å². The third-order valence-corrected chi connectivity index (χ3v) is 1.09. The minimum Gasteiger partial charge on any atom is -0.481 e. The number of carboxylic acids is 2. The highest BCUT2D eigenvalue weighted by Gasteiger charge is 1.94. The summed E-state index contributed by atoms with van der Waals surface area (Å²) in [5.74, 6) is -1.85. The van der Waals surface area contributed by atoms with Gasteiger partial charge < -0.3 is 10.2 Å². The van der Waals surface area contributed by atoms with E-state index in [4.69, 9.17) is 10.2 Å². The van der Waals surface area contributed by atoms with Crippen LogP contribution >= 0.6 is 0 Å². The molecule has 8 heteroatoms. The number of nitrogens with one attached hydrogen (secondary N) is 2. The molecule has 0 aromatic rings. The highest BCUT2D eigenvalue weighted by atomic mass is 16.4. The van der Waals surface area contributed by atoms with Crippen LogP contribution in [0.25, 0.3) is 0 Å². The molecule has 0 radical (unpaired) electrons. The first-order valence-corrected chi connectivity index (χ1v) is 3.92. The maximum atomic E-state index is 10.0. The molecule has 0 bridgehead atoms. The van der Waals surface area contributed by atoms with E-state index in [1.807, 2.05) is 0 Å². The molecule has 0 aromatic heterocycles. The van der Waals surface area contributed by atoms with Crippen LogP contribution in [0, 0.1) is 0 Å². The second kappa shape index (κ2) is 7.77. The van der Waals surface area contributed by atoms with Crippen molar-refractivity contribution in [2.24, 2.45) is 10.4 Å². The minimum atomic E-state index is -0.925. The van der Waals surface area contributed by atoms with Gasteiger partial charge >= 0.3 is 11.9 Å². The molecule has 80 valence electrons. The molecule has 0 rings (SSSR count). The molecule has 14 heavy (non-hydrogen) atoms. The van der Waals surface area contributed by atoms with Gasteiger partial charge in [0.1, 0.15) is 0 Å². The van der Waals surface area contributed by atoms with Gasteiger partial charge in [-0.25, -0.2) is 0 Å². The standard InChI is InChI=1S/C6H12N4O4/c11-5(12)1-3-7-9-10-8-4-2-6(13)14/h1-4H2,(H,7,10)(H,8,9)(H,11,12)(H,13,14). The van der Waals surface area contributed by atoms with Gasteiger partial charge in [0.05, 0.1) is 12.8 Å². The van der Waals surface area contributed by atoms with Crippen molar-refractivity contribution in [3.63, 3.8) is 0 Å². The molecule has 4 N–H and O–H groups in total. The normalized spacial score (nSPS) is 10.0. The number of carboxylic acid groups (broad SMARTS) is 2. The number of hydrogen-bond acceptors (Lipinski definition) is 4. The van der Waals surface area contributed by atoms with Crippen molar-refractivity contribution in [2.45, 2.75) is 12.8 Å². The highest BCUT2D eigenvalue weighted by molar-refractivity contribution is 5.67. The van der Waals surface area contributed by atoms with Crippen molar-refractivity contribution < 1.29 is 19.8 Å². The average molecular weight is 204 g/mol. The summed E-state index contributed by atoms with van der Waals surface area (Å²) < 4.78 is 0. The Hall–Kier alpha value is -1.86. The molecule has 0 fully saturated rings. The number of rotatable bonds is 8. The van der Waals surface area contributed by atoms with E-state index in [0.29, 0.717) is 0 Å². The first-order valence-electron chi connectivity index (χ1n) is 3.92. The van der Waals surface area contributed by atoms with Crippen molar-refractivity contribution in [1.29, 1.82) is 0 Å².